The molecule has 5 nitrogen and oxygen atoms in total. The van der Waals surface area contributed by atoms with Crippen LogP contribution in [0.1, 0.15) is 18.4 Å². The van der Waals surface area contributed by atoms with Crippen LogP contribution in [0.15, 0.2) is 36.7 Å². The van der Waals surface area contributed by atoms with E-state index in [9.17, 15) is 4.79 Å². The van der Waals surface area contributed by atoms with Gasteiger partial charge in [-0.25, -0.2) is 4.98 Å². The number of rotatable bonds is 2. The van der Waals surface area contributed by atoms with E-state index in [1.54, 1.807) is 6.20 Å². The molecule has 28 heavy (non-hydrogen) atoms. The Balaban J connectivity index is 1.57. The van der Waals surface area contributed by atoms with E-state index in [0.29, 0.717) is 24.0 Å². The number of carbonyl (C=O) groups is 1. The number of aromatic nitrogens is 2. The highest BCUT2D eigenvalue weighted by Gasteiger charge is 2.21. The Bertz CT molecular complexity index is 1140. The molecule has 2 N–H and O–H groups in total. The van der Waals surface area contributed by atoms with Gasteiger partial charge in [0.2, 0.25) is 5.91 Å². The lowest BCUT2D eigenvalue weighted by Gasteiger charge is -2.27. The summed E-state index contributed by atoms with van der Waals surface area (Å²) in [5.74, 6) is 7.14. The highest BCUT2D eigenvalue weighted by atomic mass is 35.5. The predicted molar refractivity (Wildman–Crippen MR) is 111 cm³/mol. The third-order valence-corrected chi connectivity index (χ3v) is 5.58. The molecule has 5 rings (SSSR count). The van der Waals surface area contributed by atoms with Gasteiger partial charge in [-0.1, -0.05) is 35.6 Å². The van der Waals surface area contributed by atoms with E-state index in [1.807, 2.05) is 35.4 Å². The molecule has 0 unspecified atom stereocenters. The van der Waals surface area contributed by atoms with E-state index >= 15 is 0 Å². The van der Waals surface area contributed by atoms with Gasteiger partial charge in [-0.05, 0) is 30.5 Å². The number of amides is 1. The third-order valence-electron chi connectivity index (χ3n) is 5.18. The van der Waals surface area contributed by atoms with Crippen molar-refractivity contribution < 1.29 is 4.79 Å². The Labute approximate surface area is 168 Å². The fourth-order valence-electron chi connectivity index (χ4n) is 3.48. The lowest BCUT2D eigenvalue weighted by Crippen LogP contribution is -2.48. The molecule has 1 aromatic carbocycles. The van der Waals surface area contributed by atoms with Gasteiger partial charge in [0.15, 0.2) is 0 Å². The average molecular weight is 391 g/mol. The Kier molecular flexibility index (Phi) is 4.31. The summed E-state index contributed by atoms with van der Waals surface area (Å²) in [7, 11) is 0. The minimum absolute atomic E-state index is 0.0753. The van der Waals surface area contributed by atoms with Crippen molar-refractivity contribution in [3.05, 3.63) is 47.2 Å². The number of halogens is 1. The maximum atomic E-state index is 12.2. The number of nitrogens with one attached hydrogen (secondary N) is 2. The molecule has 6 heteroatoms. The number of nitrogens with zero attached hydrogens (tertiary/aromatic N) is 2. The summed E-state index contributed by atoms with van der Waals surface area (Å²) in [6.07, 6.45) is 6.02. The van der Waals surface area contributed by atoms with Crippen LogP contribution in [0, 0.1) is 17.8 Å². The van der Waals surface area contributed by atoms with E-state index in [4.69, 9.17) is 11.6 Å². The number of hydrogen-bond acceptors (Lipinski definition) is 3. The highest BCUT2D eigenvalue weighted by Crippen LogP contribution is 2.36. The second kappa shape index (κ2) is 6.97. The monoisotopic (exact) mass is 390 g/mol. The molecule has 1 saturated heterocycles. The van der Waals surface area contributed by atoms with Crippen LogP contribution >= 0.6 is 11.6 Å². The van der Waals surface area contributed by atoms with Gasteiger partial charge in [0.05, 0.1) is 22.5 Å². The van der Waals surface area contributed by atoms with Crippen molar-refractivity contribution in [3.8, 4) is 23.0 Å². The van der Waals surface area contributed by atoms with Crippen molar-refractivity contribution in [2.45, 2.75) is 12.8 Å². The van der Waals surface area contributed by atoms with Crippen molar-refractivity contribution in [2.75, 3.05) is 24.5 Å². The van der Waals surface area contributed by atoms with Crippen molar-refractivity contribution in [1.29, 1.82) is 0 Å². The third kappa shape index (κ3) is 3.15. The standard InChI is InChI=1S/C22H19ClN4O/c23-21-18(12-26-22-20(21)16(11-25-22)7-6-14-4-5-14)15-2-1-3-17(10-15)27-9-8-24-13-19(27)28/h1-3,10-12,14,24H,4-5,8-9,13H2,(H,25,26). The lowest BCUT2D eigenvalue weighted by atomic mass is 10.0. The molecule has 0 spiro atoms. The summed E-state index contributed by atoms with van der Waals surface area (Å²) in [5, 5.41) is 4.59. The van der Waals surface area contributed by atoms with E-state index in [-0.39, 0.29) is 5.91 Å². The van der Waals surface area contributed by atoms with Gasteiger partial charge in [-0.15, -0.1) is 0 Å². The summed E-state index contributed by atoms with van der Waals surface area (Å²) in [4.78, 5) is 21.7. The number of anilines is 1. The van der Waals surface area contributed by atoms with Gasteiger partial charge >= 0.3 is 0 Å². The molecule has 1 saturated carbocycles. The van der Waals surface area contributed by atoms with E-state index < -0.39 is 0 Å². The van der Waals surface area contributed by atoms with Crippen LogP contribution in [-0.2, 0) is 4.79 Å². The van der Waals surface area contributed by atoms with Crippen LogP contribution in [0.5, 0.6) is 0 Å². The minimum Gasteiger partial charge on any atom is -0.345 e. The highest BCUT2D eigenvalue weighted by molar-refractivity contribution is 6.38. The van der Waals surface area contributed by atoms with E-state index in [1.165, 1.54) is 12.8 Å². The maximum Gasteiger partial charge on any atom is 0.240 e. The molecule has 140 valence electrons. The normalized spacial score (nSPS) is 16.9. The smallest absolute Gasteiger partial charge is 0.240 e. The molecule has 3 heterocycles. The van der Waals surface area contributed by atoms with Crippen molar-refractivity contribution in [3.63, 3.8) is 0 Å². The average Bonchev–Trinajstić information content (AvgIpc) is 3.45. The van der Waals surface area contributed by atoms with Gasteiger partial charge in [-0.3, -0.25) is 4.79 Å². The number of benzene rings is 1. The zero-order valence-electron chi connectivity index (χ0n) is 15.3. The summed E-state index contributed by atoms with van der Waals surface area (Å²) in [6, 6.07) is 7.90. The molecule has 0 atom stereocenters. The maximum absolute atomic E-state index is 12.2. The first-order valence-electron chi connectivity index (χ1n) is 9.49. The SMILES string of the molecule is O=C1CNCCN1c1cccc(-c2cnc3[nH]cc(C#CC4CC4)c3c2Cl)c1. The van der Waals surface area contributed by atoms with Crippen LogP contribution in [0.4, 0.5) is 5.69 Å². The molecule has 2 aromatic heterocycles. The fraction of sp³-hybridized carbons (Fsp3) is 0.273. The van der Waals surface area contributed by atoms with Crippen LogP contribution in [0.2, 0.25) is 5.02 Å². The van der Waals surface area contributed by atoms with Gasteiger partial charge < -0.3 is 15.2 Å². The summed E-state index contributed by atoms with van der Waals surface area (Å²) >= 11 is 6.80. The zero-order chi connectivity index (χ0) is 19.1. The van der Waals surface area contributed by atoms with E-state index in [0.717, 1.165) is 40.0 Å². The first-order chi connectivity index (χ1) is 13.7. The summed E-state index contributed by atoms with van der Waals surface area (Å²) in [5.41, 5.74) is 4.28. The molecule has 2 fully saturated rings. The minimum atomic E-state index is 0.0753. The van der Waals surface area contributed by atoms with Crippen LogP contribution < -0.4 is 10.2 Å². The quantitative estimate of drug-likeness (QED) is 0.657. The Hall–Kier alpha value is -2.81. The molecular weight excluding hydrogens is 372 g/mol. The van der Waals surface area contributed by atoms with Crippen LogP contribution in [0.3, 0.4) is 0 Å². The Morgan fingerprint density at radius 2 is 2.18 bits per heavy atom. The molecule has 1 aliphatic carbocycles. The molecule has 0 radical (unpaired) electrons. The summed E-state index contributed by atoms with van der Waals surface area (Å²) in [6.45, 7) is 1.81. The lowest BCUT2D eigenvalue weighted by molar-refractivity contribution is -0.118. The van der Waals surface area contributed by atoms with Crippen molar-refractivity contribution in [2.24, 2.45) is 5.92 Å². The van der Waals surface area contributed by atoms with Gasteiger partial charge in [0.25, 0.3) is 0 Å². The number of aromatic amines is 1. The summed E-state index contributed by atoms with van der Waals surface area (Å²) < 4.78 is 0. The second-order valence-corrected chi connectivity index (χ2v) is 7.61. The second-order valence-electron chi connectivity index (χ2n) is 7.23. The first-order valence-corrected chi connectivity index (χ1v) is 9.87. The van der Waals surface area contributed by atoms with Gasteiger partial charge in [0.1, 0.15) is 5.65 Å². The number of pyridine rings is 1. The fourth-order valence-corrected chi connectivity index (χ4v) is 3.83. The predicted octanol–water partition coefficient (Wildman–Crippen LogP) is 3.58. The Morgan fingerprint density at radius 3 is 3.00 bits per heavy atom. The molecule has 2 aliphatic rings. The van der Waals surface area contributed by atoms with Crippen molar-refractivity contribution >= 4 is 34.2 Å². The number of carbonyl (C=O) groups excluding carboxylic acids is 1. The largest absolute Gasteiger partial charge is 0.345 e. The number of H-pyrrole nitrogens is 1. The number of hydrogen-bond donors (Lipinski definition) is 2. The Morgan fingerprint density at radius 1 is 1.29 bits per heavy atom. The van der Waals surface area contributed by atoms with Crippen LogP contribution in [0.25, 0.3) is 22.2 Å². The van der Waals surface area contributed by atoms with E-state index in [2.05, 4.69) is 27.1 Å². The van der Waals surface area contributed by atoms with Crippen molar-refractivity contribution in [1.82, 2.24) is 15.3 Å². The zero-order valence-corrected chi connectivity index (χ0v) is 16.0. The van der Waals surface area contributed by atoms with Gasteiger partial charge in [-0.2, -0.15) is 0 Å². The molecule has 1 amide bonds. The topological polar surface area (TPSA) is 61.0 Å². The molecule has 1 aliphatic heterocycles. The number of piperazine rings is 1. The molecular formula is C22H19ClN4O. The molecule has 3 aromatic rings. The van der Waals surface area contributed by atoms with Gasteiger partial charge in [0, 0.05) is 42.7 Å². The van der Waals surface area contributed by atoms with Crippen LogP contribution in [-0.4, -0.2) is 35.5 Å². The molecule has 0 bridgehead atoms. The number of fused-ring (bicyclic) bond motifs is 1. The first kappa shape index (κ1) is 17.3.